The van der Waals surface area contributed by atoms with Crippen molar-refractivity contribution >= 4 is 27.6 Å². The quantitative estimate of drug-likeness (QED) is 0.405. The Morgan fingerprint density at radius 2 is 1.88 bits per heavy atom. The lowest BCUT2D eigenvalue weighted by Crippen LogP contribution is -2.31. The first-order valence-electron chi connectivity index (χ1n) is 11.6. The van der Waals surface area contributed by atoms with E-state index in [1.54, 1.807) is 12.4 Å². The Morgan fingerprint density at radius 1 is 1.03 bits per heavy atom. The van der Waals surface area contributed by atoms with Gasteiger partial charge in [-0.2, -0.15) is 5.10 Å². The van der Waals surface area contributed by atoms with Gasteiger partial charge in [-0.3, -0.25) is 24.4 Å². The Labute approximate surface area is 196 Å². The van der Waals surface area contributed by atoms with Gasteiger partial charge in [-0.25, -0.2) is 0 Å². The number of H-pyrrole nitrogens is 1. The van der Waals surface area contributed by atoms with Gasteiger partial charge in [0.25, 0.3) is 0 Å². The summed E-state index contributed by atoms with van der Waals surface area (Å²) >= 11 is 0. The molecule has 0 aliphatic carbocycles. The third-order valence-corrected chi connectivity index (χ3v) is 6.68. The number of likely N-dealkylation sites (tertiary alicyclic amines) is 1. The number of rotatable bonds is 5. The molecule has 1 aliphatic rings. The second kappa shape index (κ2) is 8.46. The molecular formula is C26H25N7O. The third kappa shape index (κ3) is 3.97. The summed E-state index contributed by atoms with van der Waals surface area (Å²) in [5.74, 6) is 0.0294. The van der Waals surface area contributed by atoms with Crippen LogP contribution in [0.15, 0.2) is 61.4 Å². The fourth-order valence-corrected chi connectivity index (χ4v) is 4.62. The number of nitrogens with zero attached hydrogens (tertiary/aromatic N) is 6. The number of pyridine rings is 3. The minimum atomic E-state index is 0.0294. The van der Waals surface area contributed by atoms with Gasteiger partial charge < -0.3 is 9.88 Å². The van der Waals surface area contributed by atoms with Gasteiger partial charge in [0, 0.05) is 47.6 Å². The largest absolute Gasteiger partial charge is 0.360 e. The van der Waals surface area contributed by atoms with E-state index >= 15 is 0 Å². The van der Waals surface area contributed by atoms with Gasteiger partial charge in [-0.1, -0.05) is 0 Å². The number of piperidine rings is 1. The molecule has 1 saturated heterocycles. The first-order valence-corrected chi connectivity index (χ1v) is 11.6. The summed E-state index contributed by atoms with van der Waals surface area (Å²) in [4.78, 5) is 32.1. The van der Waals surface area contributed by atoms with Crippen LogP contribution in [0, 0.1) is 0 Å². The van der Waals surface area contributed by atoms with Crippen LogP contribution in [0.5, 0.6) is 0 Å². The monoisotopic (exact) mass is 451 g/mol. The zero-order valence-corrected chi connectivity index (χ0v) is 19.0. The fourth-order valence-electron chi connectivity index (χ4n) is 4.62. The number of carbonyl (C=O) groups is 1. The lowest BCUT2D eigenvalue weighted by atomic mass is 10.1. The van der Waals surface area contributed by atoms with Crippen LogP contribution in [-0.2, 0) is 6.42 Å². The van der Waals surface area contributed by atoms with Crippen LogP contribution in [0.2, 0.25) is 0 Å². The maximum atomic E-state index is 13.0. The summed E-state index contributed by atoms with van der Waals surface area (Å²) in [6.45, 7) is 2.11. The van der Waals surface area contributed by atoms with Crippen LogP contribution < -0.4 is 0 Å². The van der Waals surface area contributed by atoms with Gasteiger partial charge in [0.1, 0.15) is 0 Å². The van der Waals surface area contributed by atoms with Gasteiger partial charge in [0.05, 0.1) is 41.0 Å². The first-order chi connectivity index (χ1) is 16.6. The van der Waals surface area contributed by atoms with Gasteiger partial charge >= 0.3 is 0 Å². The topological polar surface area (TPSA) is 92.6 Å². The van der Waals surface area contributed by atoms with Crippen molar-refractivity contribution in [3.05, 3.63) is 72.7 Å². The lowest BCUT2D eigenvalue weighted by Gasteiger charge is -2.28. The molecule has 0 unspecified atom stereocenters. The molecule has 1 aliphatic heterocycles. The summed E-state index contributed by atoms with van der Waals surface area (Å²) in [7, 11) is 2.14. The minimum absolute atomic E-state index is 0.0294. The second-order valence-corrected chi connectivity index (χ2v) is 9.07. The molecule has 8 nitrogen and oxygen atoms in total. The molecule has 5 aromatic heterocycles. The lowest BCUT2D eigenvalue weighted by molar-refractivity contribution is 0.0991. The number of nitrogens with one attached hydrogen (secondary N) is 1. The molecule has 6 rings (SSSR count). The molecule has 0 spiro atoms. The summed E-state index contributed by atoms with van der Waals surface area (Å²) < 4.78 is 1.96. The fraction of sp³-hybridized carbons (Fsp3) is 0.269. The zero-order chi connectivity index (χ0) is 23.1. The number of aromatic amines is 1. The van der Waals surface area contributed by atoms with Crippen molar-refractivity contribution in [1.82, 2.24) is 34.6 Å². The smallest absolute Gasteiger partial charge is 0.171 e. The van der Waals surface area contributed by atoms with Crippen molar-refractivity contribution in [3.8, 4) is 11.3 Å². The normalized spacial score (nSPS) is 15.3. The average molecular weight is 452 g/mol. The summed E-state index contributed by atoms with van der Waals surface area (Å²) in [6.07, 6.45) is 13.2. The molecule has 0 saturated carbocycles. The minimum Gasteiger partial charge on any atom is -0.360 e. The van der Waals surface area contributed by atoms with Crippen LogP contribution in [-0.4, -0.2) is 60.5 Å². The Balaban J connectivity index is 1.22. The number of Topliss-reactive ketones (excluding diaryl/α,β-unsaturated/α-hetero) is 1. The van der Waals surface area contributed by atoms with E-state index in [2.05, 4.69) is 37.0 Å². The zero-order valence-electron chi connectivity index (χ0n) is 19.0. The van der Waals surface area contributed by atoms with Crippen LogP contribution >= 0.6 is 0 Å². The van der Waals surface area contributed by atoms with Gasteiger partial charge in [-0.15, -0.1) is 0 Å². The van der Waals surface area contributed by atoms with E-state index in [9.17, 15) is 4.79 Å². The Bertz CT molecular complexity index is 1490. The molecule has 170 valence electrons. The molecule has 34 heavy (non-hydrogen) atoms. The molecule has 6 heterocycles. The second-order valence-electron chi connectivity index (χ2n) is 9.07. The predicted molar refractivity (Wildman–Crippen MR) is 131 cm³/mol. The summed E-state index contributed by atoms with van der Waals surface area (Å²) in [5.41, 5.74) is 5.04. The van der Waals surface area contributed by atoms with E-state index in [4.69, 9.17) is 0 Å². The highest BCUT2D eigenvalue weighted by molar-refractivity contribution is 5.97. The number of fused-ring (bicyclic) bond motifs is 2. The van der Waals surface area contributed by atoms with E-state index in [1.807, 2.05) is 53.7 Å². The summed E-state index contributed by atoms with van der Waals surface area (Å²) in [5, 5.41) is 6.41. The SMILES string of the molecule is CN1CCC(n2cc(C(=O)Cc3cc4cc(-c5cnc6cc[nH]c6c5)ncc4cn3)cn2)CC1. The Kier molecular flexibility index (Phi) is 5.15. The van der Waals surface area contributed by atoms with Crippen molar-refractivity contribution < 1.29 is 4.79 Å². The number of ketones is 1. The van der Waals surface area contributed by atoms with Crippen molar-refractivity contribution in [2.45, 2.75) is 25.3 Å². The molecule has 0 bridgehead atoms. The van der Waals surface area contributed by atoms with Crippen molar-refractivity contribution in [2.75, 3.05) is 20.1 Å². The molecule has 0 aromatic carbocycles. The molecule has 0 radical (unpaired) electrons. The van der Waals surface area contributed by atoms with Gasteiger partial charge in [0.15, 0.2) is 5.78 Å². The van der Waals surface area contributed by atoms with E-state index < -0.39 is 0 Å². The maximum absolute atomic E-state index is 13.0. The van der Waals surface area contributed by atoms with Gasteiger partial charge in [0.2, 0.25) is 0 Å². The number of aromatic nitrogens is 6. The number of carbonyl (C=O) groups excluding carboxylic acids is 1. The van der Waals surface area contributed by atoms with Crippen LogP contribution in [0.25, 0.3) is 33.1 Å². The molecule has 0 amide bonds. The van der Waals surface area contributed by atoms with E-state index in [0.717, 1.165) is 64.7 Å². The Morgan fingerprint density at radius 3 is 2.76 bits per heavy atom. The summed E-state index contributed by atoms with van der Waals surface area (Å²) in [6, 6.07) is 8.35. The number of hydrogen-bond donors (Lipinski definition) is 1. The maximum Gasteiger partial charge on any atom is 0.171 e. The molecule has 5 aromatic rings. The molecule has 1 N–H and O–H groups in total. The van der Waals surface area contributed by atoms with Crippen LogP contribution in [0.4, 0.5) is 0 Å². The van der Waals surface area contributed by atoms with Crippen LogP contribution in [0.3, 0.4) is 0 Å². The predicted octanol–water partition coefficient (Wildman–Crippen LogP) is 4.06. The molecular weight excluding hydrogens is 426 g/mol. The van der Waals surface area contributed by atoms with Crippen molar-refractivity contribution in [1.29, 1.82) is 0 Å². The number of hydrogen-bond acceptors (Lipinski definition) is 6. The van der Waals surface area contributed by atoms with Crippen molar-refractivity contribution in [2.24, 2.45) is 0 Å². The highest BCUT2D eigenvalue weighted by Gasteiger charge is 2.20. The highest BCUT2D eigenvalue weighted by Crippen LogP contribution is 2.25. The van der Waals surface area contributed by atoms with E-state index in [1.165, 1.54) is 0 Å². The molecule has 1 fully saturated rings. The van der Waals surface area contributed by atoms with E-state index in [-0.39, 0.29) is 12.2 Å². The molecule has 0 atom stereocenters. The first kappa shape index (κ1) is 20.7. The molecule has 8 heteroatoms. The third-order valence-electron chi connectivity index (χ3n) is 6.68. The van der Waals surface area contributed by atoms with Crippen LogP contribution in [0.1, 0.15) is 34.9 Å². The highest BCUT2D eigenvalue weighted by atomic mass is 16.1. The van der Waals surface area contributed by atoms with Crippen molar-refractivity contribution in [3.63, 3.8) is 0 Å². The van der Waals surface area contributed by atoms with E-state index in [0.29, 0.717) is 11.6 Å². The Hall–Kier alpha value is -3.91. The van der Waals surface area contributed by atoms with Gasteiger partial charge in [-0.05, 0) is 62.6 Å². The average Bonchev–Trinajstić information content (AvgIpc) is 3.54. The standard InChI is InChI=1S/C26H25N7O/c1-32-6-3-22(4-7-32)33-16-20(15-31-33)26(34)11-21-8-17-9-24(30-14-19(17)13-28-21)18-10-25-23(29-12-18)2-5-27-25/h2,5,8-10,12-16,22,27H,3-4,6-7,11H2,1H3.